The molecule has 30 heavy (non-hydrogen) atoms. The number of carbonyl (C=O) groups excluding carboxylic acids is 2. The molecule has 0 N–H and O–H groups in total. The molecule has 152 valence electrons. The van der Waals surface area contributed by atoms with Crippen LogP contribution < -0.4 is 0 Å². The SMILES string of the molecule is Cc1ccc(C2=C(SCc3ccco3)C(=O)N(CCc3ccccc3)C2=O)c(C)c1. The Bertz CT molecular complexity index is 1100. The van der Waals surface area contributed by atoms with Crippen molar-refractivity contribution >= 4 is 29.1 Å². The highest BCUT2D eigenvalue weighted by Gasteiger charge is 2.39. The van der Waals surface area contributed by atoms with Crippen molar-refractivity contribution in [3.8, 4) is 0 Å². The van der Waals surface area contributed by atoms with Gasteiger partial charge in [0.15, 0.2) is 0 Å². The normalized spacial score (nSPS) is 14.1. The second-order valence-corrected chi connectivity index (χ2v) is 8.37. The summed E-state index contributed by atoms with van der Waals surface area (Å²) in [7, 11) is 0. The fourth-order valence-corrected chi connectivity index (χ4v) is 4.67. The van der Waals surface area contributed by atoms with E-state index in [1.54, 1.807) is 6.26 Å². The summed E-state index contributed by atoms with van der Waals surface area (Å²) in [4.78, 5) is 28.5. The zero-order valence-electron chi connectivity index (χ0n) is 17.1. The Morgan fingerprint density at radius 1 is 0.933 bits per heavy atom. The smallest absolute Gasteiger partial charge is 0.268 e. The maximum absolute atomic E-state index is 13.4. The highest BCUT2D eigenvalue weighted by atomic mass is 32.2. The monoisotopic (exact) mass is 417 g/mol. The maximum Gasteiger partial charge on any atom is 0.268 e. The Morgan fingerprint density at radius 2 is 1.73 bits per heavy atom. The van der Waals surface area contributed by atoms with Crippen LogP contribution in [0.15, 0.2) is 76.2 Å². The average molecular weight is 418 g/mol. The molecule has 1 aliphatic heterocycles. The molecule has 1 aliphatic rings. The quantitative estimate of drug-likeness (QED) is 0.499. The molecule has 2 heterocycles. The molecule has 3 aromatic rings. The van der Waals surface area contributed by atoms with Gasteiger partial charge < -0.3 is 4.42 Å². The molecule has 0 bridgehead atoms. The van der Waals surface area contributed by atoms with Crippen LogP contribution in [0.25, 0.3) is 5.57 Å². The minimum Gasteiger partial charge on any atom is -0.468 e. The Balaban J connectivity index is 1.64. The Kier molecular flexibility index (Phi) is 5.91. The van der Waals surface area contributed by atoms with Crippen LogP contribution in [-0.2, 0) is 21.8 Å². The molecule has 0 spiro atoms. The van der Waals surface area contributed by atoms with Gasteiger partial charge in [0, 0.05) is 6.54 Å². The van der Waals surface area contributed by atoms with E-state index in [1.807, 2.05) is 74.5 Å². The number of thioether (sulfide) groups is 1. The van der Waals surface area contributed by atoms with Gasteiger partial charge in [-0.3, -0.25) is 14.5 Å². The standard InChI is InChI=1S/C25H23NO3S/c1-17-10-11-21(18(2)15-17)22-23(30-16-20-9-6-14-29-20)25(28)26(24(22)27)13-12-19-7-4-3-5-8-19/h3-11,14-15H,12-13,16H2,1-2H3. The number of carbonyl (C=O) groups is 2. The third-order valence-corrected chi connectivity index (χ3v) is 6.28. The summed E-state index contributed by atoms with van der Waals surface area (Å²) in [5, 5.41) is 0. The summed E-state index contributed by atoms with van der Waals surface area (Å²) in [5.74, 6) is 0.838. The highest BCUT2D eigenvalue weighted by Crippen LogP contribution is 2.38. The second-order valence-electron chi connectivity index (χ2n) is 7.39. The van der Waals surface area contributed by atoms with Crippen LogP contribution in [0.2, 0.25) is 0 Å². The van der Waals surface area contributed by atoms with E-state index in [1.165, 1.54) is 16.7 Å². The summed E-state index contributed by atoms with van der Waals surface area (Å²) < 4.78 is 5.41. The van der Waals surface area contributed by atoms with Crippen LogP contribution in [0, 0.1) is 13.8 Å². The molecular formula is C25H23NO3S. The number of rotatable bonds is 7. The van der Waals surface area contributed by atoms with Crippen LogP contribution in [0.5, 0.6) is 0 Å². The molecule has 0 saturated carbocycles. The Morgan fingerprint density at radius 3 is 2.43 bits per heavy atom. The minimum absolute atomic E-state index is 0.218. The molecule has 4 nitrogen and oxygen atoms in total. The molecule has 0 unspecified atom stereocenters. The molecule has 0 saturated heterocycles. The van der Waals surface area contributed by atoms with Crippen molar-refractivity contribution < 1.29 is 14.0 Å². The van der Waals surface area contributed by atoms with Crippen molar-refractivity contribution in [2.75, 3.05) is 6.54 Å². The van der Waals surface area contributed by atoms with Gasteiger partial charge >= 0.3 is 0 Å². The lowest BCUT2D eigenvalue weighted by Crippen LogP contribution is -2.33. The van der Waals surface area contributed by atoms with Gasteiger partial charge in [-0.05, 0) is 49.1 Å². The summed E-state index contributed by atoms with van der Waals surface area (Å²) >= 11 is 1.37. The molecule has 0 radical (unpaired) electrons. The Hall–Kier alpha value is -3.05. The number of benzene rings is 2. The van der Waals surface area contributed by atoms with Crippen LogP contribution in [0.1, 0.15) is 28.0 Å². The first-order valence-electron chi connectivity index (χ1n) is 9.92. The van der Waals surface area contributed by atoms with Crippen LogP contribution in [-0.4, -0.2) is 23.3 Å². The van der Waals surface area contributed by atoms with E-state index >= 15 is 0 Å². The maximum atomic E-state index is 13.4. The molecule has 0 atom stereocenters. The number of hydrogen-bond acceptors (Lipinski definition) is 4. The van der Waals surface area contributed by atoms with Gasteiger partial charge in [0.05, 0.1) is 22.5 Å². The van der Waals surface area contributed by atoms with Crippen LogP contribution in [0.4, 0.5) is 0 Å². The number of hydrogen-bond donors (Lipinski definition) is 0. The molecule has 1 aromatic heterocycles. The topological polar surface area (TPSA) is 50.5 Å². The van der Waals surface area contributed by atoms with E-state index < -0.39 is 0 Å². The fraction of sp³-hybridized carbons (Fsp3) is 0.200. The van der Waals surface area contributed by atoms with E-state index in [0.717, 1.165) is 28.0 Å². The first kappa shape index (κ1) is 20.2. The van der Waals surface area contributed by atoms with E-state index in [0.29, 0.717) is 29.2 Å². The molecule has 0 aliphatic carbocycles. The lowest BCUT2D eigenvalue weighted by molar-refractivity contribution is -0.136. The van der Waals surface area contributed by atoms with Crippen molar-refractivity contribution in [2.45, 2.75) is 26.0 Å². The molecule has 2 amide bonds. The lowest BCUT2D eigenvalue weighted by Gasteiger charge is -2.15. The molecule has 0 fully saturated rings. The number of imide groups is 1. The second kappa shape index (κ2) is 8.76. The molecule has 5 heteroatoms. The summed E-state index contributed by atoms with van der Waals surface area (Å²) in [6.07, 6.45) is 2.25. The van der Waals surface area contributed by atoms with Crippen molar-refractivity contribution in [3.05, 3.63) is 99.8 Å². The predicted octanol–water partition coefficient (Wildman–Crippen LogP) is 5.15. The van der Waals surface area contributed by atoms with Gasteiger partial charge in [0.1, 0.15) is 5.76 Å². The van der Waals surface area contributed by atoms with Gasteiger partial charge in [0.25, 0.3) is 11.8 Å². The van der Waals surface area contributed by atoms with Crippen molar-refractivity contribution in [1.82, 2.24) is 4.90 Å². The fourth-order valence-electron chi connectivity index (χ4n) is 3.65. The lowest BCUT2D eigenvalue weighted by atomic mass is 9.99. The van der Waals surface area contributed by atoms with Gasteiger partial charge in [-0.25, -0.2) is 0 Å². The Labute approximate surface area is 180 Å². The van der Waals surface area contributed by atoms with Crippen LogP contribution in [0.3, 0.4) is 0 Å². The third-order valence-electron chi connectivity index (χ3n) is 5.18. The van der Waals surface area contributed by atoms with Gasteiger partial charge in [0.2, 0.25) is 0 Å². The van der Waals surface area contributed by atoms with Crippen LogP contribution >= 0.6 is 11.8 Å². The summed E-state index contributed by atoms with van der Waals surface area (Å²) in [6, 6.07) is 19.6. The first-order chi connectivity index (χ1) is 14.5. The highest BCUT2D eigenvalue weighted by molar-refractivity contribution is 8.03. The summed E-state index contributed by atoms with van der Waals surface area (Å²) in [5.41, 5.74) is 4.54. The van der Waals surface area contributed by atoms with Gasteiger partial charge in [-0.1, -0.05) is 54.1 Å². The molecular weight excluding hydrogens is 394 g/mol. The largest absolute Gasteiger partial charge is 0.468 e. The molecule has 4 rings (SSSR count). The number of aryl methyl sites for hydroxylation is 2. The predicted molar refractivity (Wildman–Crippen MR) is 120 cm³/mol. The average Bonchev–Trinajstić information content (AvgIpc) is 3.33. The van der Waals surface area contributed by atoms with Crippen molar-refractivity contribution in [3.63, 3.8) is 0 Å². The first-order valence-corrected chi connectivity index (χ1v) is 10.9. The number of furan rings is 1. The van der Waals surface area contributed by atoms with E-state index in [9.17, 15) is 9.59 Å². The van der Waals surface area contributed by atoms with E-state index in [2.05, 4.69) is 0 Å². The zero-order valence-corrected chi connectivity index (χ0v) is 17.9. The van der Waals surface area contributed by atoms with Gasteiger partial charge in [-0.2, -0.15) is 0 Å². The van der Waals surface area contributed by atoms with Crippen molar-refractivity contribution in [2.24, 2.45) is 0 Å². The van der Waals surface area contributed by atoms with E-state index in [4.69, 9.17) is 4.42 Å². The van der Waals surface area contributed by atoms with Gasteiger partial charge in [-0.15, -0.1) is 11.8 Å². The minimum atomic E-state index is -0.220. The number of nitrogens with zero attached hydrogens (tertiary/aromatic N) is 1. The number of amides is 2. The molecule has 2 aromatic carbocycles. The van der Waals surface area contributed by atoms with E-state index in [-0.39, 0.29) is 11.8 Å². The summed E-state index contributed by atoms with van der Waals surface area (Å²) in [6.45, 7) is 4.36. The third kappa shape index (κ3) is 4.12. The van der Waals surface area contributed by atoms with Crippen molar-refractivity contribution in [1.29, 1.82) is 0 Å². The zero-order chi connectivity index (χ0) is 21.1.